The Morgan fingerprint density at radius 1 is 1.50 bits per heavy atom. The van der Waals surface area contributed by atoms with E-state index in [1.54, 1.807) is 16.8 Å². The van der Waals surface area contributed by atoms with E-state index in [1.165, 1.54) is 0 Å². The van der Waals surface area contributed by atoms with Gasteiger partial charge in [-0.15, -0.1) is 0 Å². The molecular weight excluding hydrogens is 262 g/mol. The number of nitriles is 1. The molecule has 20 heavy (non-hydrogen) atoms. The first-order chi connectivity index (χ1) is 9.45. The zero-order chi connectivity index (χ0) is 15.1. The topological polar surface area (TPSA) is 93.9 Å². The number of amides is 2. The Bertz CT molecular complexity index is 386. The number of urea groups is 1. The molecule has 0 saturated carbocycles. The first-order valence-electron chi connectivity index (χ1n) is 6.67. The van der Waals surface area contributed by atoms with Crippen LogP contribution in [0.25, 0.3) is 0 Å². The minimum Gasteiger partial charge on any atom is -0.480 e. The van der Waals surface area contributed by atoms with Crippen LogP contribution >= 0.6 is 0 Å². The summed E-state index contributed by atoms with van der Waals surface area (Å²) in [5.74, 6) is -0.978. The molecule has 0 aromatic rings. The molecule has 7 nitrogen and oxygen atoms in total. The SMILES string of the molecule is CC(CC#N)N(C)C(=O)N1CCC(OCC(=O)O)CC1. The second-order valence-electron chi connectivity index (χ2n) is 5.00. The monoisotopic (exact) mass is 283 g/mol. The van der Waals surface area contributed by atoms with Gasteiger partial charge in [0, 0.05) is 26.2 Å². The molecule has 7 heteroatoms. The number of hydrogen-bond acceptors (Lipinski definition) is 4. The molecule has 112 valence electrons. The van der Waals surface area contributed by atoms with E-state index in [2.05, 4.69) is 6.07 Å². The van der Waals surface area contributed by atoms with E-state index < -0.39 is 5.97 Å². The van der Waals surface area contributed by atoms with Crippen molar-refractivity contribution >= 4 is 12.0 Å². The fourth-order valence-electron chi connectivity index (χ4n) is 2.08. The van der Waals surface area contributed by atoms with Crippen LogP contribution in [0.2, 0.25) is 0 Å². The molecule has 0 aromatic heterocycles. The number of piperidine rings is 1. The van der Waals surface area contributed by atoms with Gasteiger partial charge in [-0.3, -0.25) is 0 Å². The van der Waals surface area contributed by atoms with E-state index in [1.807, 2.05) is 6.92 Å². The van der Waals surface area contributed by atoms with E-state index in [0.29, 0.717) is 32.4 Å². The predicted molar refractivity (Wildman–Crippen MR) is 71.0 cm³/mol. The number of carboxylic acids is 1. The summed E-state index contributed by atoms with van der Waals surface area (Å²) in [4.78, 5) is 25.9. The quantitative estimate of drug-likeness (QED) is 0.809. The standard InChI is InChI=1S/C13H21N3O4/c1-10(3-6-14)15(2)13(19)16-7-4-11(5-8-16)20-9-12(17)18/h10-11H,3-5,7-9H2,1-2H3,(H,17,18). The van der Waals surface area contributed by atoms with Gasteiger partial charge in [0.15, 0.2) is 0 Å². The van der Waals surface area contributed by atoms with Gasteiger partial charge in [0.1, 0.15) is 6.61 Å². The summed E-state index contributed by atoms with van der Waals surface area (Å²) < 4.78 is 5.22. The van der Waals surface area contributed by atoms with Gasteiger partial charge in [-0.05, 0) is 19.8 Å². The predicted octanol–water partition coefficient (Wildman–Crippen LogP) is 0.906. The molecule has 1 aliphatic heterocycles. The fraction of sp³-hybridized carbons (Fsp3) is 0.769. The Balaban J connectivity index is 2.39. The van der Waals surface area contributed by atoms with Gasteiger partial charge >= 0.3 is 12.0 Å². The lowest BCUT2D eigenvalue weighted by atomic mass is 10.1. The Labute approximate surface area is 118 Å². The molecule has 1 heterocycles. The fourth-order valence-corrected chi connectivity index (χ4v) is 2.08. The number of ether oxygens (including phenoxy) is 1. The van der Waals surface area contributed by atoms with E-state index >= 15 is 0 Å². The molecular formula is C13H21N3O4. The van der Waals surface area contributed by atoms with Crippen molar-refractivity contribution < 1.29 is 19.4 Å². The van der Waals surface area contributed by atoms with Gasteiger partial charge in [0.05, 0.1) is 18.6 Å². The number of carbonyl (C=O) groups excluding carboxylic acids is 1. The van der Waals surface area contributed by atoms with E-state index in [0.717, 1.165) is 0 Å². The molecule has 1 rings (SSSR count). The smallest absolute Gasteiger partial charge is 0.329 e. The van der Waals surface area contributed by atoms with E-state index in [9.17, 15) is 9.59 Å². The third-order valence-electron chi connectivity index (χ3n) is 3.50. The van der Waals surface area contributed by atoms with Gasteiger partial charge in [0.25, 0.3) is 0 Å². The lowest BCUT2D eigenvalue weighted by Crippen LogP contribution is -2.49. The van der Waals surface area contributed by atoms with Gasteiger partial charge in [-0.2, -0.15) is 5.26 Å². The molecule has 0 spiro atoms. The molecule has 1 aliphatic rings. The highest BCUT2D eigenvalue weighted by Crippen LogP contribution is 2.16. The summed E-state index contributed by atoms with van der Waals surface area (Å²) in [5, 5.41) is 17.2. The number of nitrogens with zero attached hydrogens (tertiary/aromatic N) is 3. The van der Waals surface area contributed by atoms with Crippen LogP contribution in [0, 0.1) is 11.3 Å². The van der Waals surface area contributed by atoms with Crippen molar-refractivity contribution in [2.45, 2.75) is 38.3 Å². The van der Waals surface area contributed by atoms with Gasteiger partial charge < -0.3 is 19.6 Å². The maximum absolute atomic E-state index is 12.2. The average molecular weight is 283 g/mol. The van der Waals surface area contributed by atoms with Crippen molar-refractivity contribution in [3.8, 4) is 6.07 Å². The summed E-state index contributed by atoms with van der Waals surface area (Å²) in [6, 6.07) is 1.84. The van der Waals surface area contributed by atoms with Crippen molar-refractivity contribution in [3.05, 3.63) is 0 Å². The lowest BCUT2D eigenvalue weighted by Gasteiger charge is -2.35. The molecule has 0 radical (unpaired) electrons. The third-order valence-corrected chi connectivity index (χ3v) is 3.50. The Kier molecular flexibility index (Phi) is 6.25. The minimum atomic E-state index is -0.978. The molecule has 1 saturated heterocycles. The van der Waals surface area contributed by atoms with Gasteiger partial charge in [0.2, 0.25) is 0 Å². The number of carbonyl (C=O) groups is 2. The second-order valence-corrected chi connectivity index (χ2v) is 5.00. The second kappa shape index (κ2) is 7.70. The van der Waals surface area contributed by atoms with Crippen LogP contribution in [0.1, 0.15) is 26.2 Å². The third kappa shape index (κ3) is 4.70. The van der Waals surface area contributed by atoms with Crippen molar-refractivity contribution in [2.24, 2.45) is 0 Å². The Hall–Kier alpha value is -1.81. The number of likely N-dealkylation sites (tertiary alicyclic amines) is 1. The molecule has 0 bridgehead atoms. The number of aliphatic carboxylic acids is 1. The molecule has 1 atom stereocenters. The van der Waals surface area contributed by atoms with Crippen LogP contribution in [-0.2, 0) is 9.53 Å². The van der Waals surface area contributed by atoms with Crippen LogP contribution in [0.15, 0.2) is 0 Å². The first kappa shape index (κ1) is 16.2. The number of carboxylic acid groups (broad SMARTS) is 1. The van der Waals surface area contributed by atoms with Crippen LogP contribution in [0.5, 0.6) is 0 Å². The summed E-state index contributed by atoms with van der Waals surface area (Å²) in [6.45, 7) is 2.64. The molecule has 1 unspecified atom stereocenters. The van der Waals surface area contributed by atoms with Gasteiger partial charge in [-0.25, -0.2) is 9.59 Å². The van der Waals surface area contributed by atoms with Crippen molar-refractivity contribution in [1.29, 1.82) is 5.26 Å². The summed E-state index contributed by atoms with van der Waals surface area (Å²) in [5.41, 5.74) is 0. The number of rotatable bonds is 5. The molecule has 2 amide bonds. The lowest BCUT2D eigenvalue weighted by molar-refractivity contribution is -0.145. The molecule has 1 N–H and O–H groups in total. The van der Waals surface area contributed by atoms with Crippen LogP contribution in [0.4, 0.5) is 4.79 Å². The van der Waals surface area contributed by atoms with Crippen molar-refractivity contribution in [1.82, 2.24) is 9.80 Å². The highest BCUT2D eigenvalue weighted by atomic mass is 16.5. The zero-order valence-corrected chi connectivity index (χ0v) is 11.9. The van der Waals surface area contributed by atoms with Crippen molar-refractivity contribution in [3.63, 3.8) is 0 Å². The Morgan fingerprint density at radius 3 is 2.60 bits per heavy atom. The first-order valence-corrected chi connectivity index (χ1v) is 6.67. The summed E-state index contributed by atoms with van der Waals surface area (Å²) in [6.07, 6.45) is 1.48. The highest BCUT2D eigenvalue weighted by molar-refractivity contribution is 5.74. The molecule has 0 aromatic carbocycles. The zero-order valence-electron chi connectivity index (χ0n) is 11.9. The highest BCUT2D eigenvalue weighted by Gasteiger charge is 2.27. The average Bonchev–Trinajstić information content (AvgIpc) is 2.44. The summed E-state index contributed by atoms with van der Waals surface area (Å²) >= 11 is 0. The summed E-state index contributed by atoms with van der Waals surface area (Å²) in [7, 11) is 1.69. The number of hydrogen-bond donors (Lipinski definition) is 1. The maximum Gasteiger partial charge on any atom is 0.329 e. The van der Waals surface area contributed by atoms with Gasteiger partial charge in [-0.1, -0.05) is 0 Å². The van der Waals surface area contributed by atoms with E-state index in [4.69, 9.17) is 15.1 Å². The molecule has 1 fully saturated rings. The van der Waals surface area contributed by atoms with Crippen LogP contribution in [-0.4, -0.2) is 65.8 Å². The van der Waals surface area contributed by atoms with E-state index in [-0.39, 0.29) is 24.8 Å². The van der Waals surface area contributed by atoms with Crippen LogP contribution in [0.3, 0.4) is 0 Å². The van der Waals surface area contributed by atoms with Crippen LogP contribution < -0.4 is 0 Å². The Morgan fingerprint density at radius 2 is 2.10 bits per heavy atom. The minimum absolute atomic E-state index is 0.0931. The molecule has 0 aliphatic carbocycles. The van der Waals surface area contributed by atoms with Crippen molar-refractivity contribution in [2.75, 3.05) is 26.7 Å². The largest absolute Gasteiger partial charge is 0.480 e. The maximum atomic E-state index is 12.2. The normalized spacial score (nSPS) is 17.4.